The smallest absolute Gasteiger partial charge is 0.284 e. The average molecular weight is 347 g/mol. The van der Waals surface area contributed by atoms with Crippen molar-refractivity contribution in [1.29, 1.82) is 0 Å². The molecule has 1 aromatic heterocycles. The number of hydrogen-bond donors (Lipinski definition) is 2. The molecule has 6 heteroatoms. The summed E-state index contributed by atoms with van der Waals surface area (Å²) in [6, 6.07) is 1.99. The van der Waals surface area contributed by atoms with Crippen molar-refractivity contribution >= 4 is 11.8 Å². The molecule has 1 aliphatic heterocycles. The SMILES string of the molecule is CC(=O)N[C@H]1CN(Cc2cc(C(N)=O)oc2C(C)(C)C)C[C@@H]1C1CC1. The lowest BCUT2D eigenvalue weighted by molar-refractivity contribution is -0.119. The number of furan rings is 1. The van der Waals surface area contributed by atoms with E-state index in [9.17, 15) is 9.59 Å². The predicted octanol–water partition coefficient (Wildman–Crippen LogP) is 2.02. The second-order valence-electron chi connectivity index (χ2n) is 8.58. The van der Waals surface area contributed by atoms with Gasteiger partial charge in [0.25, 0.3) is 5.91 Å². The molecule has 0 radical (unpaired) electrons. The molecule has 2 aliphatic rings. The van der Waals surface area contributed by atoms with Gasteiger partial charge in [0.1, 0.15) is 5.76 Å². The van der Waals surface area contributed by atoms with E-state index in [0.29, 0.717) is 12.5 Å². The van der Waals surface area contributed by atoms with Crippen molar-refractivity contribution in [3.05, 3.63) is 23.2 Å². The van der Waals surface area contributed by atoms with E-state index < -0.39 is 5.91 Å². The van der Waals surface area contributed by atoms with Crippen molar-refractivity contribution in [2.45, 2.75) is 58.5 Å². The summed E-state index contributed by atoms with van der Waals surface area (Å²) in [6.07, 6.45) is 2.53. The van der Waals surface area contributed by atoms with E-state index in [1.54, 1.807) is 13.0 Å². The molecule has 0 bridgehead atoms. The number of likely N-dealkylation sites (tertiary alicyclic amines) is 1. The Bertz CT molecular complexity index is 670. The minimum Gasteiger partial charge on any atom is -0.455 e. The molecular weight excluding hydrogens is 318 g/mol. The second-order valence-corrected chi connectivity index (χ2v) is 8.58. The highest BCUT2D eigenvalue weighted by molar-refractivity contribution is 5.90. The summed E-state index contributed by atoms with van der Waals surface area (Å²) in [6.45, 7) is 10.3. The van der Waals surface area contributed by atoms with Gasteiger partial charge in [-0.05, 0) is 30.7 Å². The summed E-state index contributed by atoms with van der Waals surface area (Å²) >= 11 is 0. The number of primary amides is 1. The zero-order valence-electron chi connectivity index (χ0n) is 15.6. The fraction of sp³-hybridized carbons (Fsp3) is 0.684. The Morgan fingerprint density at radius 3 is 2.52 bits per heavy atom. The van der Waals surface area contributed by atoms with Crippen LogP contribution in [0.4, 0.5) is 0 Å². The van der Waals surface area contributed by atoms with Crippen LogP contribution in [-0.2, 0) is 16.8 Å². The molecule has 3 N–H and O–H groups in total. The molecule has 0 aromatic carbocycles. The van der Waals surface area contributed by atoms with E-state index >= 15 is 0 Å². The van der Waals surface area contributed by atoms with Crippen LogP contribution in [-0.4, -0.2) is 35.8 Å². The Balaban J connectivity index is 1.78. The van der Waals surface area contributed by atoms with Gasteiger partial charge in [-0.2, -0.15) is 0 Å². The fourth-order valence-corrected chi connectivity index (χ4v) is 4.00. The van der Waals surface area contributed by atoms with Crippen LogP contribution in [0.25, 0.3) is 0 Å². The number of nitrogens with two attached hydrogens (primary N) is 1. The van der Waals surface area contributed by atoms with Gasteiger partial charge in [-0.1, -0.05) is 20.8 Å². The third-order valence-corrected chi connectivity index (χ3v) is 5.18. The molecule has 0 unspecified atom stereocenters. The minimum absolute atomic E-state index is 0.0345. The molecule has 25 heavy (non-hydrogen) atoms. The van der Waals surface area contributed by atoms with Gasteiger partial charge in [0.15, 0.2) is 5.76 Å². The van der Waals surface area contributed by atoms with E-state index in [1.807, 2.05) is 0 Å². The summed E-state index contributed by atoms with van der Waals surface area (Å²) < 4.78 is 5.76. The van der Waals surface area contributed by atoms with Gasteiger partial charge in [0, 0.05) is 43.6 Å². The first kappa shape index (κ1) is 18.0. The van der Waals surface area contributed by atoms with Crippen LogP contribution in [0, 0.1) is 11.8 Å². The van der Waals surface area contributed by atoms with Crippen molar-refractivity contribution in [3.63, 3.8) is 0 Å². The zero-order chi connectivity index (χ0) is 18.4. The first-order valence-electron chi connectivity index (χ1n) is 9.07. The normalized spacial score (nSPS) is 24.5. The van der Waals surface area contributed by atoms with Crippen molar-refractivity contribution in [1.82, 2.24) is 10.2 Å². The molecule has 1 saturated carbocycles. The Labute approximate surface area is 149 Å². The number of carbonyl (C=O) groups is 2. The van der Waals surface area contributed by atoms with Crippen LogP contribution in [0.3, 0.4) is 0 Å². The van der Waals surface area contributed by atoms with Gasteiger partial charge in [-0.15, -0.1) is 0 Å². The van der Waals surface area contributed by atoms with Crippen molar-refractivity contribution in [2.24, 2.45) is 17.6 Å². The molecule has 3 rings (SSSR count). The van der Waals surface area contributed by atoms with Crippen molar-refractivity contribution in [3.8, 4) is 0 Å². The predicted molar refractivity (Wildman–Crippen MR) is 95.0 cm³/mol. The number of nitrogens with zero attached hydrogens (tertiary/aromatic N) is 1. The van der Waals surface area contributed by atoms with Crippen LogP contribution in [0.1, 0.15) is 62.4 Å². The van der Waals surface area contributed by atoms with Crippen LogP contribution in [0.2, 0.25) is 0 Å². The molecular formula is C19H29N3O3. The Morgan fingerprint density at radius 1 is 1.32 bits per heavy atom. The molecule has 2 atom stereocenters. The highest BCUT2D eigenvalue weighted by Crippen LogP contribution is 2.42. The summed E-state index contributed by atoms with van der Waals surface area (Å²) in [4.78, 5) is 25.4. The lowest BCUT2D eigenvalue weighted by atomic mass is 9.90. The maximum atomic E-state index is 11.5. The largest absolute Gasteiger partial charge is 0.455 e. The molecule has 2 fully saturated rings. The van der Waals surface area contributed by atoms with Gasteiger partial charge in [0.2, 0.25) is 5.91 Å². The highest BCUT2D eigenvalue weighted by atomic mass is 16.4. The molecule has 138 valence electrons. The summed E-state index contributed by atoms with van der Waals surface area (Å²) in [5.74, 6) is 1.78. The van der Waals surface area contributed by atoms with E-state index in [4.69, 9.17) is 10.2 Å². The topological polar surface area (TPSA) is 88.6 Å². The number of nitrogens with one attached hydrogen (secondary N) is 1. The maximum absolute atomic E-state index is 11.5. The second kappa shape index (κ2) is 6.48. The molecule has 1 aliphatic carbocycles. The molecule has 6 nitrogen and oxygen atoms in total. The van der Waals surface area contributed by atoms with E-state index in [-0.39, 0.29) is 23.1 Å². The number of carbonyl (C=O) groups excluding carboxylic acids is 2. The lowest BCUT2D eigenvalue weighted by Gasteiger charge is -2.21. The fourth-order valence-electron chi connectivity index (χ4n) is 4.00. The van der Waals surface area contributed by atoms with Crippen LogP contribution in [0.5, 0.6) is 0 Å². The zero-order valence-corrected chi connectivity index (χ0v) is 15.6. The highest BCUT2D eigenvalue weighted by Gasteiger charge is 2.43. The quantitative estimate of drug-likeness (QED) is 0.853. The molecule has 2 amide bonds. The van der Waals surface area contributed by atoms with E-state index in [0.717, 1.165) is 30.3 Å². The van der Waals surface area contributed by atoms with Gasteiger partial charge < -0.3 is 15.5 Å². The molecule has 0 spiro atoms. The first-order chi connectivity index (χ1) is 11.6. The van der Waals surface area contributed by atoms with Gasteiger partial charge >= 0.3 is 0 Å². The van der Waals surface area contributed by atoms with E-state index in [2.05, 4.69) is 31.0 Å². The molecule has 2 heterocycles. The number of amides is 2. The van der Waals surface area contributed by atoms with Crippen molar-refractivity contribution in [2.75, 3.05) is 13.1 Å². The Morgan fingerprint density at radius 2 is 2.00 bits per heavy atom. The molecule has 1 saturated heterocycles. The number of hydrogen-bond acceptors (Lipinski definition) is 4. The number of rotatable bonds is 5. The van der Waals surface area contributed by atoms with Gasteiger partial charge in [-0.3, -0.25) is 14.5 Å². The van der Waals surface area contributed by atoms with Crippen LogP contribution < -0.4 is 11.1 Å². The first-order valence-corrected chi connectivity index (χ1v) is 9.07. The van der Waals surface area contributed by atoms with Gasteiger partial charge in [0.05, 0.1) is 0 Å². The Kier molecular flexibility index (Phi) is 4.66. The van der Waals surface area contributed by atoms with Crippen LogP contribution in [0.15, 0.2) is 10.5 Å². The van der Waals surface area contributed by atoms with E-state index in [1.165, 1.54) is 12.8 Å². The minimum atomic E-state index is -0.537. The monoisotopic (exact) mass is 347 g/mol. The van der Waals surface area contributed by atoms with Crippen LogP contribution >= 0.6 is 0 Å². The molecule has 1 aromatic rings. The standard InChI is InChI=1S/C19H29N3O3/c1-11(23)21-15-10-22(9-14(15)12-5-6-12)8-13-7-16(18(20)24)25-17(13)19(2,3)4/h7,12,14-15H,5-6,8-10H2,1-4H3,(H2,20,24)(H,21,23)/t14-,15+/m1/s1. The third-order valence-electron chi connectivity index (χ3n) is 5.18. The van der Waals surface area contributed by atoms with Crippen molar-refractivity contribution < 1.29 is 14.0 Å². The average Bonchev–Trinajstić information content (AvgIpc) is 3.10. The summed E-state index contributed by atoms with van der Waals surface area (Å²) in [5, 5.41) is 3.12. The summed E-state index contributed by atoms with van der Waals surface area (Å²) in [7, 11) is 0. The lowest BCUT2D eigenvalue weighted by Crippen LogP contribution is -2.39. The van der Waals surface area contributed by atoms with Gasteiger partial charge in [-0.25, -0.2) is 0 Å². The maximum Gasteiger partial charge on any atom is 0.284 e. The summed E-state index contributed by atoms with van der Waals surface area (Å²) in [5.41, 5.74) is 6.22. The Hall–Kier alpha value is -1.82. The third kappa shape index (κ3) is 4.06.